The molecule has 1 aliphatic rings. The number of alkyl halides is 3. The molecule has 1 atom stereocenters. The predicted octanol–water partition coefficient (Wildman–Crippen LogP) is 4.20. The lowest BCUT2D eigenvalue weighted by Crippen LogP contribution is -2.46. The number of aromatic nitrogens is 3. The molecule has 0 amide bonds. The highest BCUT2D eigenvalue weighted by Gasteiger charge is 2.49. The van der Waals surface area contributed by atoms with E-state index in [9.17, 15) is 18.3 Å². The first kappa shape index (κ1) is 17.8. The summed E-state index contributed by atoms with van der Waals surface area (Å²) in [6.45, 7) is 3.86. The van der Waals surface area contributed by atoms with Gasteiger partial charge >= 0.3 is 6.18 Å². The van der Waals surface area contributed by atoms with E-state index in [-0.39, 0.29) is 17.4 Å². The van der Waals surface area contributed by atoms with E-state index in [0.29, 0.717) is 41.0 Å². The Morgan fingerprint density at radius 1 is 1.22 bits per heavy atom. The fourth-order valence-corrected chi connectivity index (χ4v) is 3.84. The van der Waals surface area contributed by atoms with Gasteiger partial charge in [0, 0.05) is 41.2 Å². The third kappa shape index (κ3) is 2.93. The maximum absolute atomic E-state index is 14.0. The summed E-state index contributed by atoms with van der Waals surface area (Å²) in [5, 5.41) is 18.6. The van der Waals surface area contributed by atoms with Crippen molar-refractivity contribution in [2.75, 3.05) is 6.54 Å². The molecule has 0 saturated carbocycles. The fourth-order valence-electron chi connectivity index (χ4n) is 3.84. The number of nitrogens with one attached hydrogen (secondary N) is 1. The van der Waals surface area contributed by atoms with Crippen LogP contribution in [0.25, 0.3) is 22.3 Å². The molecule has 142 valence electrons. The molecule has 5 nitrogen and oxygen atoms in total. The second-order valence-corrected chi connectivity index (χ2v) is 7.05. The number of H-pyrrole nitrogens is 1. The average molecular weight is 376 g/mol. The molecule has 0 aliphatic carbocycles. The van der Waals surface area contributed by atoms with E-state index < -0.39 is 12.2 Å². The van der Waals surface area contributed by atoms with Gasteiger partial charge in [-0.05, 0) is 32.0 Å². The Labute approximate surface area is 153 Å². The number of para-hydroxylation sites is 1. The minimum atomic E-state index is -4.41. The summed E-state index contributed by atoms with van der Waals surface area (Å²) in [6.07, 6.45) is -3.92. The Hall–Kier alpha value is -2.61. The number of halogens is 3. The van der Waals surface area contributed by atoms with Crippen LogP contribution in [0.1, 0.15) is 31.1 Å². The lowest BCUT2D eigenvalue weighted by Gasteiger charge is -2.39. The summed E-state index contributed by atoms with van der Waals surface area (Å²) < 4.78 is 42.0. The number of aromatic hydroxyl groups is 1. The summed E-state index contributed by atoms with van der Waals surface area (Å²) in [5.74, 6) is 0.00623. The quantitative estimate of drug-likeness (QED) is 0.704. The average Bonchev–Trinajstić information content (AvgIpc) is 2.98. The van der Waals surface area contributed by atoms with E-state index >= 15 is 0 Å². The van der Waals surface area contributed by atoms with Crippen LogP contribution in [-0.2, 0) is 6.42 Å². The first-order valence-corrected chi connectivity index (χ1v) is 8.76. The molecule has 2 aromatic heterocycles. The van der Waals surface area contributed by atoms with E-state index in [1.165, 1.54) is 11.0 Å². The van der Waals surface area contributed by atoms with Gasteiger partial charge in [0.1, 0.15) is 11.8 Å². The van der Waals surface area contributed by atoms with E-state index in [1.807, 2.05) is 0 Å². The van der Waals surface area contributed by atoms with Gasteiger partial charge < -0.3 is 10.1 Å². The highest BCUT2D eigenvalue weighted by molar-refractivity contribution is 5.86. The maximum atomic E-state index is 14.0. The van der Waals surface area contributed by atoms with Crippen LogP contribution in [0.15, 0.2) is 30.3 Å². The van der Waals surface area contributed by atoms with Gasteiger partial charge in [-0.2, -0.15) is 13.2 Å². The molecule has 3 heterocycles. The molecule has 4 rings (SSSR count). The third-order valence-electron chi connectivity index (χ3n) is 5.06. The molecule has 0 bridgehead atoms. The number of fused-ring (bicyclic) bond motifs is 3. The number of phenolic OH excluding ortho intramolecular Hbond substituents is 1. The highest BCUT2D eigenvalue weighted by atomic mass is 19.4. The summed E-state index contributed by atoms with van der Waals surface area (Å²) >= 11 is 0. The van der Waals surface area contributed by atoms with Crippen LogP contribution in [0, 0.1) is 0 Å². The van der Waals surface area contributed by atoms with Crippen LogP contribution in [-0.4, -0.2) is 44.0 Å². The van der Waals surface area contributed by atoms with Crippen LogP contribution < -0.4 is 0 Å². The van der Waals surface area contributed by atoms with Crippen molar-refractivity contribution < 1.29 is 18.3 Å². The molecule has 1 aromatic carbocycles. The molecule has 27 heavy (non-hydrogen) atoms. The zero-order valence-corrected chi connectivity index (χ0v) is 14.9. The zero-order chi connectivity index (χ0) is 19.3. The van der Waals surface area contributed by atoms with Crippen molar-refractivity contribution in [1.29, 1.82) is 0 Å². The normalized spacial score (nSPS) is 18.2. The van der Waals surface area contributed by atoms with Gasteiger partial charge in [0.25, 0.3) is 0 Å². The lowest BCUT2D eigenvalue weighted by atomic mass is 9.94. The van der Waals surface area contributed by atoms with Crippen molar-refractivity contribution in [2.45, 2.75) is 38.5 Å². The van der Waals surface area contributed by atoms with E-state index in [2.05, 4.69) is 15.2 Å². The van der Waals surface area contributed by atoms with Crippen molar-refractivity contribution in [2.24, 2.45) is 0 Å². The van der Waals surface area contributed by atoms with Crippen LogP contribution in [0.4, 0.5) is 13.2 Å². The van der Waals surface area contributed by atoms with E-state index in [4.69, 9.17) is 0 Å². The molecule has 1 aliphatic heterocycles. The van der Waals surface area contributed by atoms with E-state index in [1.54, 1.807) is 38.1 Å². The predicted molar refractivity (Wildman–Crippen MR) is 95.3 cm³/mol. The van der Waals surface area contributed by atoms with Gasteiger partial charge in [-0.3, -0.25) is 4.90 Å². The first-order valence-electron chi connectivity index (χ1n) is 8.76. The second-order valence-electron chi connectivity index (χ2n) is 7.05. The lowest BCUT2D eigenvalue weighted by molar-refractivity contribution is -0.193. The molecule has 0 fully saturated rings. The minimum Gasteiger partial charge on any atom is -0.507 e. The van der Waals surface area contributed by atoms with Crippen LogP contribution >= 0.6 is 0 Å². The SMILES string of the molecule is CC(C)N1CCc2[nH]c3nnc(-c4ccccc4O)cc3c2C1C(F)(F)F. The maximum Gasteiger partial charge on any atom is 0.408 e. The Morgan fingerprint density at radius 3 is 2.63 bits per heavy atom. The molecular formula is C19H19F3N4O. The van der Waals surface area contributed by atoms with Crippen LogP contribution in [0.3, 0.4) is 0 Å². The van der Waals surface area contributed by atoms with Crippen molar-refractivity contribution >= 4 is 11.0 Å². The van der Waals surface area contributed by atoms with Gasteiger partial charge in [0.05, 0.1) is 5.69 Å². The third-order valence-corrected chi connectivity index (χ3v) is 5.06. The van der Waals surface area contributed by atoms with Crippen molar-refractivity contribution in [1.82, 2.24) is 20.1 Å². The number of phenols is 1. The standard InChI is InChI=1S/C19H19F3N4O/c1-10(2)26-8-7-13-16(17(26)19(20,21)22)12-9-14(24-25-18(12)23-13)11-5-3-4-6-15(11)27/h3-6,9-10,17,27H,7-8H2,1-2H3,(H,23,25). The molecular weight excluding hydrogens is 357 g/mol. The largest absolute Gasteiger partial charge is 0.507 e. The minimum absolute atomic E-state index is 0.00623. The van der Waals surface area contributed by atoms with Gasteiger partial charge in [-0.15, -0.1) is 10.2 Å². The number of hydrogen-bond donors (Lipinski definition) is 2. The van der Waals surface area contributed by atoms with Gasteiger partial charge in [0.2, 0.25) is 0 Å². The molecule has 0 radical (unpaired) electrons. The molecule has 2 N–H and O–H groups in total. The second kappa shape index (κ2) is 6.23. The number of benzene rings is 1. The smallest absolute Gasteiger partial charge is 0.408 e. The molecule has 3 aromatic rings. The Kier molecular flexibility index (Phi) is 4.10. The zero-order valence-electron chi connectivity index (χ0n) is 14.9. The number of rotatable bonds is 2. The molecule has 8 heteroatoms. The summed E-state index contributed by atoms with van der Waals surface area (Å²) in [7, 11) is 0. The Balaban J connectivity index is 1.94. The summed E-state index contributed by atoms with van der Waals surface area (Å²) in [5.41, 5.74) is 1.86. The molecule has 1 unspecified atom stereocenters. The van der Waals surface area contributed by atoms with Crippen molar-refractivity contribution in [3.63, 3.8) is 0 Å². The van der Waals surface area contributed by atoms with Crippen LogP contribution in [0.2, 0.25) is 0 Å². The van der Waals surface area contributed by atoms with Crippen molar-refractivity contribution in [3.05, 3.63) is 41.6 Å². The summed E-state index contributed by atoms with van der Waals surface area (Å²) in [6, 6.07) is 6.20. The van der Waals surface area contributed by atoms with Gasteiger partial charge in [0.15, 0.2) is 5.65 Å². The van der Waals surface area contributed by atoms with Crippen LogP contribution in [0.5, 0.6) is 5.75 Å². The molecule has 0 spiro atoms. The number of nitrogens with zero attached hydrogens (tertiary/aromatic N) is 3. The Bertz CT molecular complexity index is 996. The van der Waals surface area contributed by atoms with Crippen molar-refractivity contribution in [3.8, 4) is 17.0 Å². The van der Waals surface area contributed by atoms with Gasteiger partial charge in [-0.25, -0.2) is 0 Å². The van der Waals surface area contributed by atoms with Gasteiger partial charge in [-0.1, -0.05) is 12.1 Å². The number of hydrogen-bond acceptors (Lipinski definition) is 4. The fraction of sp³-hybridized carbons (Fsp3) is 0.368. The number of aromatic amines is 1. The Morgan fingerprint density at radius 2 is 1.96 bits per heavy atom. The highest BCUT2D eigenvalue weighted by Crippen LogP contribution is 2.46. The molecule has 0 saturated heterocycles. The monoisotopic (exact) mass is 376 g/mol. The summed E-state index contributed by atoms with van der Waals surface area (Å²) in [4.78, 5) is 4.48. The topological polar surface area (TPSA) is 65.0 Å². The first-order chi connectivity index (χ1) is 12.8. The van der Waals surface area contributed by atoms with E-state index in [0.717, 1.165) is 0 Å².